The fourth-order valence-electron chi connectivity index (χ4n) is 0.611. The largest absolute Gasteiger partial charge is 0.263 e. The Bertz CT molecular complexity index is 284. The van der Waals surface area contributed by atoms with E-state index in [9.17, 15) is 4.21 Å². The molecule has 0 N–H and O–H groups in total. The highest BCUT2D eigenvalue weighted by Gasteiger charge is 2.05. The van der Waals surface area contributed by atoms with Gasteiger partial charge in [0.1, 0.15) is 0 Å². The van der Waals surface area contributed by atoms with Crippen molar-refractivity contribution < 1.29 is 4.21 Å². The highest BCUT2D eigenvalue weighted by Crippen LogP contribution is 2.29. The first-order valence-corrected chi connectivity index (χ1v) is 6.71. The van der Waals surface area contributed by atoms with Gasteiger partial charge in [0, 0.05) is 6.26 Å². The maximum Gasteiger partial charge on any atom is 0.0631 e. The van der Waals surface area contributed by atoms with Gasteiger partial charge in [-0.25, -0.2) is 0 Å². The van der Waals surface area contributed by atoms with Gasteiger partial charge in [-0.2, -0.15) is 0 Å². The van der Waals surface area contributed by atoms with E-state index >= 15 is 0 Å². The van der Waals surface area contributed by atoms with E-state index in [1.807, 2.05) is 19.9 Å². The molecule has 0 spiro atoms. The average Bonchev–Trinajstić information content (AvgIpc) is 1.97. The molecule has 70 valence electrons. The van der Waals surface area contributed by atoms with Crippen LogP contribution in [0.4, 0.5) is 0 Å². The van der Waals surface area contributed by atoms with Crippen LogP contribution in [0.3, 0.4) is 0 Å². The monoisotopic (exact) mass is 204 g/mol. The van der Waals surface area contributed by atoms with E-state index < -0.39 is 9.52 Å². The molecule has 1 nitrogen and oxygen atoms in total. The van der Waals surface area contributed by atoms with Gasteiger partial charge < -0.3 is 0 Å². The molecule has 0 rings (SSSR count). The van der Waals surface area contributed by atoms with Crippen molar-refractivity contribution in [1.29, 1.82) is 0 Å². The second-order valence-electron chi connectivity index (χ2n) is 2.61. The molecule has 0 bridgehead atoms. The summed E-state index contributed by atoms with van der Waals surface area (Å²) in [4.78, 5) is 1.03. The molecule has 0 aliphatic rings. The van der Waals surface area contributed by atoms with Crippen molar-refractivity contribution in [2.75, 3.05) is 6.26 Å². The molecule has 0 aliphatic carbocycles. The smallest absolute Gasteiger partial charge is 0.0631 e. The van der Waals surface area contributed by atoms with Crippen molar-refractivity contribution in [3.63, 3.8) is 0 Å². The first-order chi connectivity index (χ1) is 5.41. The second kappa shape index (κ2) is 4.77. The molecule has 1 unspecified atom stereocenters. The Morgan fingerprint density at radius 1 is 1.67 bits per heavy atom. The van der Waals surface area contributed by atoms with Gasteiger partial charge in [-0.15, -0.1) is 0 Å². The van der Waals surface area contributed by atoms with Crippen LogP contribution in [0.2, 0.25) is 0 Å². The summed E-state index contributed by atoms with van der Waals surface area (Å²) >= 11 is 1.48. The Hall–Kier alpha value is -0.150. The minimum absolute atomic E-state index is 0.828. The molecule has 0 aromatic carbocycles. The van der Waals surface area contributed by atoms with E-state index in [2.05, 4.69) is 12.4 Å². The lowest BCUT2D eigenvalue weighted by Gasteiger charge is -2.08. The van der Waals surface area contributed by atoms with Crippen molar-refractivity contribution in [3.8, 4) is 0 Å². The van der Waals surface area contributed by atoms with Crippen LogP contribution in [0.25, 0.3) is 0 Å². The minimum atomic E-state index is -2.06. The lowest BCUT2D eigenvalue weighted by molar-refractivity contribution is 0.689. The molecule has 0 aromatic rings. The van der Waals surface area contributed by atoms with Crippen LogP contribution in [0.5, 0.6) is 0 Å². The molecule has 0 amide bonds. The molecule has 0 saturated heterocycles. The van der Waals surface area contributed by atoms with Crippen molar-refractivity contribution in [1.82, 2.24) is 0 Å². The van der Waals surface area contributed by atoms with E-state index in [1.54, 1.807) is 6.26 Å². The first kappa shape index (κ1) is 11.8. The molecule has 0 aromatic heterocycles. The van der Waals surface area contributed by atoms with Crippen LogP contribution >= 0.6 is 11.8 Å². The third kappa shape index (κ3) is 4.02. The van der Waals surface area contributed by atoms with Crippen LogP contribution in [-0.4, -0.2) is 16.3 Å². The van der Waals surface area contributed by atoms with Crippen LogP contribution in [0, 0.1) is 0 Å². The van der Waals surface area contributed by atoms with Crippen LogP contribution in [-0.2, 0) is 9.52 Å². The van der Waals surface area contributed by atoms with Crippen molar-refractivity contribution in [3.05, 3.63) is 21.8 Å². The minimum Gasteiger partial charge on any atom is -0.263 e. The second-order valence-corrected chi connectivity index (χ2v) is 6.54. The Kier molecular flexibility index (Phi) is 4.71. The molecule has 3 heteroatoms. The summed E-state index contributed by atoms with van der Waals surface area (Å²) in [6, 6.07) is 0. The van der Waals surface area contributed by atoms with Gasteiger partial charge in [0.05, 0.1) is 4.24 Å². The number of thioether (sulfide) groups is 1. The van der Waals surface area contributed by atoms with E-state index in [1.165, 1.54) is 11.8 Å². The standard InChI is InChI=1S/C9H16OS2/c1-6-8(3)11-9(7-2)12(4,5)10/h7H,3-4,6H2,1-2,5H3/b9-7+. The fourth-order valence-corrected chi connectivity index (χ4v) is 2.71. The number of hydrogen-bond acceptors (Lipinski definition) is 2. The third-order valence-electron chi connectivity index (χ3n) is 1.30. The van der Waals surface area contributed by atoms with E-state index in [0.717, 1.165) is 15.6 Å². The predicted octanol–water partition coefficient (Wildman–Crippen LogP) is 2.85. The predicted molar refractivity (Wildman–Crippen MR) is 62.0 cm³/mol. The van der Waals surface area contributed by atoms with E-state index in [0.29, 0.717) is 0 Å². The summed E-state index contributed by atoms with van der Waals surface area (Å²) in [5.41, 5.74) is 0. The normalized spacial score (nSPS) is 17.1. The molecule has 1 atom stereocenters. The van der Waals surface area contributed by atoms with E-state index in [4.69, 9.17) is 0 Å². The highest BCUT2D eigenvalue weighted by molar-refractivity contribution is 8.23. The van der Waals surface area contributed by atoms with E-state index in [-0.39, 0.29) is 0 Å². The summed E-state index contributed by atoms with van der Waals surface area (Å²) in [6.45, 7) is 7.75. The Morgan fingerprint density at radius 2 is 2.17 bits per heavy atom. The topological polar surface area (TPSA) is 17.1 Å². The summed E-state index contributed by atoms with van der Waals surface area (Å²) in [7, 11) is -2.06. The molecule has 0 radical (unpaired) electrons. The van der Waals surface area contributed by atoms with Crippen LogP contribution in [0.15, 0.2) is 21.8 Å². The average molecular weight is 204 g/mol. The Balaban J connectivity index is 4.54. The van der Waals surface area contributed by atoms with Gasteiger partial charge >= 0.3 is 0 Å². The van der Waals surface area contributed by atoms with Gasteiger partial charge in [-0.1, -0.05) is 31.3 Å². The summed E-state index contributed by atoms with van der Waals surface area (Å²) in [5, 5.41) is 0. The fraction of sp³-hybridized carbons (Fsp3) is 0.444. The highest BCUT2D eigenvalue weighted by atomic mass is 32.3. The Morgan fingerprint density at radius 3 is 2.42 bits per heavy atom. The summed E-state index contributed by atoms with van der Waals surface area (Å²) < 4.78 is 12.4. The SMILES string of the molecule is C=C(CC)S/C(=C\C)S(=C)(C)=O. The molecular formula is C9H16OS2. The molecule has 0 fully saturated rings. The van der Waals surface area contributed by atoms with Gasteiger partial charge in [0.25, 0.3) is 0 Å². The number of hydrogen-bond donors (Lipinski definition) is 0. The molecule has 0 saturated carbocycles. The van der Waals surface area contributed by atoms with Crippen LogP contribution in [0.1, 0.15) is 20.3 Å². The molecule has 0 heterocycles. The molecule has 12 heavy (non-hydrogen) atoms. The lowest BCUT2D eigenvalue weighted by Crippen LogP contribution is -1.96. The maximum atomic E-state index is 11.5. The van der Waals surface area contributed by atoms with Crippen LogP contribution < -0.4 is 0 Å². The van der Waals surface area contributed by atoms with Crippen molar-refractivity contribution in [2.45, 2.75) is 20.3 Å². The zero-order valence-electron chi connectivity index (χ0n) is 7.92. The van der Waals surface area contributed by atoms with Gasteiger partial charge in [-0.05, 0) is 33.6 Å². The van der Waals surface area contributed by atoms with Gasteiger partial charge in [-0.3, -0.25) is 4.21 Å². The lowest BCUT2D eigenvalue weighted by atomic mass is 10.5. The van der Waals surface area contributed by atoms with Gasteiger partial charge in [0.15, 0.2) is 0 Å². The summed E-state index contributed by atoms with van der Waals surface area (Å²) in [5.74, 6) is 3.63. The van der Waals surface area contributed by atoms with Crippen molar-refractivity contribution >= 4 is 27.2 Å². The summed E-state index contributed by atoms with van der Waals surface area (Å²) in [6.07, 6.45) is 4.40. The number of rotatable bonds is 4. The molecular weight excluding hydrogens is 188 g/mol. The third-order valence-corrected chi connectivity index (χ3v) is 4.71. The number of allylic oxidation sites excluding steroid dienone is 2. The zero-order chi connectivity index (χ0) is 9.78. The van der Waals surface area contributed by atoms with Gasteiger partial charge in [0.2, 0.25) is 0 Å². The Labute approximate surface area is 79.9 Å². The maximum absolute atomic E-state index is 11.5. The quantitative estimate of drug-likeness (QED) is 0.655. The first-order valence-electron chi connectivity index (χ1n) is 3.76. The zero-order valence-corrected chi connectivity index (χ0v) is 9.56. The van der Waals surface area contributed by atoms with Crippen molar-refractivity contribution in [2.24, 2.45) is 0 Å². The molecule has 0 aliphatic heterocycles.